The van der Waals surface area contributed by atoms with Gasteiger partial charge in [-0.25, -0.2) is 10.0 Å². The van der Waals surface area contributed by atoms with Gasteiger partial charge in [0, 0.05) is 40.3 Å². The third-order valence-corrected chi connectivity index (χ3v) is 1.54. The van der Waals surface area contributed by atoms with Gasteiger partial charge in [0.15, 0.2) is 0 Å². The van der Waals surface area contributed by atoms with Gasteiger partial charge >= 0.3 is 0 Å². The lowest BCUT2D eigenvalue weighted by atomic mass is 10.3. The van der Waals surface area contributed by atoms with E-state index in [4.69, 9.17) is 33.4 Å². The Morgan fingerprint density at radius 1 is 0.875 bits per heavy atom. The summed E-state index contributed by atoms with van der Waals surface area (Å²) in [5.74, 6) is 10.4. The molecule has 0 heterocycles. The molecule has 0 aliphatic carbocycles. The molecule has 0 rings (SSSR count). The van der Waals surface area contributed by atoms with Crippen LogP contribution in [0.1, 0.15) is 0 Å². The van der Waals surface area contributed by atoms with Crippen molar-refractivity contribution in [1.82, 2.24) is 10.0 Å². The van der Waals surface area contributed by atoms with E-state index in [-0.39, 0.29) is 13.1 Å². The SMILES string of the molecule is CN(N)CC(O)CN.CN(N)CC(O)CN. The van der Waals surface area contributed by atoms with Crippen molar-refractivity contribution >= 4 is 0 Å². The molecule has 0 aromatic carbocycles. The van der Waals surface area contributed by atoms with Crippen LogP contribution in [0.4, 0.5) is 0 Å². The van der Waals surface area contributed by atoms with E-state index in [1.807, 2.05) is 0 Å². The minimum atomic E-state index is -0.495. The van der Waals surface area contributed by atoms with Crippen LogP contribution in [-0.4, -0.2) is 72.7 Å². The Morgan fingerprint density at radius 2 is 1.12 bits per heavy atom. The molecule has 2 unspecified atom stereocenters. The van der Waals surface area contributed by atoms with Gasteiger partial charge in [-0.1, -0.05) is 0 Å². The molecule has 0 aromatic heterocycles. The lowest BCUT2D eigenvalue weighted by Gasteiger charge is -2.12. The number of hydrogen-bond acceptors (Lipinski definition) is 8. The zero-order valence-corrected chi connectivity index (χ0v) is 10.1. The number of hydrogen-bond donors (Lipinski definition) is 6. The highest BCUT2D eigenvalue weighted by atomic mass is 16.3. The van der Waals surface area contributed by atoms with Crippen LogP contribution in [0.3, 0.4) is 0 Å². The van der Waals surface area contributed by atoms with Crippen molar-refractivity contribution in [2.45, 2.75) is 12.2 Å². The summed E-state index contributed by atoms with van der Waals surface area (Å²) < 4.78 is 0. The summed E-state index contributed by atoms with van der Waals surface area (Å²) in [6.45, 7) is 1.38. The molecule has 0 saturated heterocycles. The van der Waals surface area contributed by atoms with Crippen LogP contribution in [0.15, 0.2) is 0 Å². The fourth-order valence-electron chi connectivity index (χ4n) is 0.814. The number of hydrazine groups is 2. The fourth-order valence-corrected chi connectivity index (χ4v) is 0.814. The highest BCUT2D eigenvalue weighted by Crippen LogP contribution is 1.78. The van der Waals surface area contributed by atoms with Crippen LogP contribution >= 0.6 is 0 Å². The van der Waals surface area contributed by atoms with Crippen LogP contribution in [-0.2, 0) is 0 Å². The first-order chi connectivity index (χ1) is 7.33. The largest absolute Gasteiger partial charge is 0.390 e. The summed E-state index contributed by atoms with van der Waals surface area (Å²) >= 11 is 0. The molecule has 0 amide bonds. The predicted octanol–water partition coefficient (Wildman–Crippen LogP) is -3.78. The Hall–Kier alpha value is -0.320. The Balaban J connectivity index is 0. The maximum absolute atomic E-state index is 8.78. The van der Waals surface area contributed by atoms with Gasteiger partial charge in [0.1, 0.15) is 0 Å². The van der Waals surface area contributed by atoms with Crippen molar-refractivity contribution in [1.29, 1.82) is 0 Å². The van der Waals surface area contributed by atoms with E-state index in [9.17, 15) is 0 Å². The number of rotatable bonds is 6. The predicted molar refractivity (Wildman–Crippen MR) is 63.8 cm³/mol. The summed E-state index contributed by atoms with van der Waals surface area (Å²) in [5, 5.41) is 20.4. The molecule has 16 heavy (non-hydrogen) atoms. The molecule has 8 heteroatoms. The average Bonchev–Trinajstić information content (AvgIpc) is 2.16. The number of nitrogens with zero attached hydrogens (tertiary/aromatic N) is 2. The molecule has 10 N–H and O–H groups in total. The zero-order chi connectivity index (χ0) is 13.1. The number of likely N-dealkylation sites (N-methyl/N-ethyl adjacent to an activating group) is 2. The van der Waals surface area contributed by atoms with Crippen LogP contribution in [0.5, 0.6) is 0 Å². The number of aliphatic hydroxyl groups is 2. The Bertz CT molecular complexity index is 130. The summed E-state index contributed by atoms with van der Waals surface area (Å²) in [7, 11) is 3.36. The molecule has 2 atom stereocenters. The van der Waals surface area contributed by atoms with Gasteiger partial charge in [-0.2, -0.15) is 0 Å². The molecule has 0 spiro atoms. The van der Waals surface area contributed by atoms with Crippen LogP contribution in [0, 0.1) is 0 Å². The molecule has 0 bridgehead atoms. The van der Waals surface area contributed by atoms with E-state index < -0.39 is 12.2 Å². The van der Waals surface area contributed by atoms with Gasteiger partial charge in [-0.15, -0.1) is 0 Å². The second kappa shape index (κ2) is 11.2. The minimum absolute atomic E-state index is 0.265. The second-order valence-corrected chi connectivity index (χ2v) is 3.66. The molecule has 0 aliphatic rings. The molecule has 0 saturated carbocycles. The number of aliphatic hydroxyl groups excluding tert-OH is 2. The molecule has 0 aromatic rings. The topological polar surface area (TPSA) is 151 Å². The van der Waals surface area contributed by atoms with Gasteiger partial charge < -0.3 is 21.7 Å². The lowest BCUT2D eigenvalue weighted by Crippen LogP contribution is -2.37. The minimum Gasteiger partial charge on any atom is -0.390 e. The molecule has 0 fully saturated rings. The van der Waals surface area contributed by atoms with Crippen molar-refractivity contribution in [2.24, 2.45) is 23.2 Å². The second-order valence-electron chi connectivity index (χ2n) is 3.66. The summed E-state index contributed by atoms with van der Waals surface area (Å²) in [4.78, 5) is 0. The monoisotopic (exact) mass is 238 g/mol. The smallest absolute Gasteiger partial charge is 0.0802 e. The summed E-state index contributed by atoms with van der Waals surface area (Å²) in [6.07, 6.45) is -0.991. The van der Waals surface area contributed by atoms with Crippen molar-refractivity contribution in [3.05, 3.63) is 0 Å². The first kappa shape index (κ1) is 18.1. The van der Waals surface area contributed by atoms with Gasteiger partial charge in [0.25, 0.3) is 0 Å². The van der Waals surface area contributed by atoms with Crippen molar-refractivity contribution < 1.29 is 10.2 Å². The van der Waals surface area contributed by atoms with E-state index >= 15 is 0 Å². The molecule has 0 radical (unpaired) electrons. The third-order valence-electron chi connectivity index (χ3n) is 1.54. The molecule has 8 nitrogen and oxygen atoms in total. The Labute approximate surface area is 96.7 Å². The Morgan fingerprint density at radius 3 is 1.19 bits per heavy atom. The van der Waals surface area contributed by atoms with E-state index in [0.717, 1.165) is 0 Å². The van der Waals surface area contributed by atoms with E-state index in [0.29, 0.717) is 13.1 Å². The molecule has 0 aliphatic heterocycles. The maximum Gasteiger partial charge on any atom is 0.0802 e. The lowest BCUT2D eigenvalue weighted by molar-refractivity contribution is 0.133. The standard InChI is InChI=1S/2C4H13N3O/c2*1-7(6)3-4(8)2-5/h2*4,8H,2-3,5-6H2,1H3. The van der Waals surface area contributed by atoms with Gasteiger partial charge in [0.2, 0.25) is 0 Å². The third kappa shape index (κ3) is 16.1. The highest BCUT2D eigenvalue weighted by Gasteiger charge is 2.00. The van der Waals surface area contributed by atoms with Gasteiger partial charge in [-0.05, 0) is 0 Å². The van der Waals surface area contributed by atoms with Crippen LogP contribution in [0.25, 0.3) is 0 Å². The molecular weight excluding hydrogens is 212 g/mol. The normalized spacial score (nSPS) is 14.6. The summed E-state index contributed by atoms with van der Waals surface area (Å²) in [5.41, 5.74) is 10.2. The van der Waals surface area contributed by atoms with Gasteiger partial charge in [0.05, 0.1) is 12.2 Å². The Kier molecular flexibility index (Phi) is 12.6. The van der Waals surface area contributed by atoms with Gasteiger partial charge in [-0.3, -0.25) is 11.7 Å². The fraction of sp³-hybridized carbons (Fsp3) is 1.00. The van der Waals surface area contributed by atoms with Crippen LogP contribution < -0.4 is 23.2 Å². The quantitative estimate of drug-likeness (QED) is 0.204. The first-order valence-corrected chi connectivity index (χ1v) is 5.01. The van der Waals surface area contributed by atoms with E-state index in [2.05, 4.69) is 0 Å². The molecular formula is C8H26N6O2. The van der Waals surface area contributed by atoms with Crippen molar-refractivity contribution in [3.63, 3.8) is 0 Å². The van der Waals surface area contributed by atoms with E-state index in [1.165, 1.54) is 10.0 Å². The average molecular weight is 238 g/mol. The summed E-state index contributed by atoms with van der Waals surface area (Å²) in [6, 6.07) is 0. The van der Waals surface area contributed by atoms with Crippen molar-refractivity contribution in [2.75, 3.05) is 40.3 Å². The van der Waals surface area contributed by atoms with Crippen LogP contribution in [0.2, 0.25) is 0 Å². The van der Waals surface area contributed by atoms with Crippen molar-refractivity contribution in [3.8, 4) is 0 Å². The first-order valence-electron chi connectivity index (χ1n) is 5.01. The zero-order valence-electron chi connectivity index (χ0n) is 10.1. The maximum atomic E-state index is 8.78. The highest BCUT2D eigenvalue weighted by molar-refractivity contribution is 4.56. The number of nitrogens with two attached hydrogens (primary N) is 4. The van der Waals surface area contributed by atoms with E-state index in [1.54, 1.807) is 14.1 Å². The molecule has 100 valence electrons.